The van der Waals surface area contributed by atoms with Gasteiger partial charge in [-0.3, -0.25) is 10.4 Å². The number of pyridine rings is 1. The van der Waals surface area contributed by atoms with Crippen molar-refractivity contribution >= 4 is 33.2 Å². The predicted molar refractivity (Wildman–Crippen MR) is 187 cm³/mol. The Balaban J connectivity index is 1.37. The number of nitrogens with one attached hydrogen (secondary N) is 3. The molecule has 1 aliphatic rings. The zero-order valence-corrected chi connectivity index (χ0v) is 27.3. The summed E-state index contributed by atoms with van der Waals surface area (Å²) in [5, 5.41) is 12.7. The summed E-state index contributed by atoms with van der Waals surface area (Å²) >= 11 is 0. The van der Waals surface area contributed by atoms with Gasteiger partial charge >= 0.3 is 0 Å². The molecule has 4 heterocycles. The Hall–Kier alpha value is -6.12. The first-order valence-electron chi connectivity index (χ1n) is 15.3. The maximum atomic E-state index is 12.2. The fourth-order valence-corrected chi connectivity index (χ4v) is 5.92. The maximum Gasteiger partial charge on any atom is 0.240 e. The Morgan fingerprint density at radius 3 is 2.37 bits per heavy atom. The number of hydrogen-bond donors (Lipinski definition) is 3. The molecule has 49 heavy (non-hydrogen) atoms. The number of ether oxygens (including phenoxy) is 2. The molecule has 3 N–H and O–H groups in total. The van der Waals surface area contributed by atoms with Gasteiger partial charge in [0, 0.05) is 29.8 Å². The molecular formula is C35H31N9O4S. The standard InChI is InChI=1S/C35H31N9O4S/c1-23(24-8-11-29(12-9-24)49(45,46)36-2)42-43-33-32(26-10-13-30-31(20-26)48-19-18-47-30)34(41-35(40-33)39-28-6-4-3-5-7-28)44-22-27(21-38-44)25-14-16-37-17-15-25/h3-17,20-22,36H,18-19H2,1-2H3,(H2,39,40,41,43). The number of anilines is 3. The van der Waals surface area contributed by atoms with Gasteiger partial charge in [-0.1, -0.05) is 36.4 Å². The van der Waals surface area contributed by atoms with Gasteiger partial charge in [-0.25, -0.2) is 17.8 Å². The molecule has 0 saturated heterocycles. The summed E-state index contributed by atoms with van der Waals surface area (Å²) in [5.41, 5.74) is 8.44. The van der Waals surface area contributed by atoms with Crippen molar-refractivity contribution < 1.29 is 17.9 Å². The van der Waals surface area contributed by atoms with Gasteiger partial charge < -0.3 is 14.8 Å². The highest BCUT2D eigenvalue weighted by molar-refractivity contribution is 7.89. The van der Waals surface area contributed by atoms with Crippen LogP contribution < -0.4 is 24.9 Å². The van der Waals surface area contributed by atoms with Crippen LogP contribution in [0.5, 0.6) is 11.5 Å². The van der Waals surface area contributed by atoms with Gasteiger partial charge in [-0.05, 0) is 79.2 Å². The molecule has 0 saturated carbocycles. The first-order valence-corrected chi connectivity index (χ1v) is 16.8. The second-order valence-corrected chi connectivity index (χ2v) is 12.8. The zero-order chi connectivity index (χ0) is 33.8. The van der Waals surface area contributed by atoms with Crippen LogP contribution in [0.25, 0.3) is 28.1 Å². The number of rotatable bonds is 10. The highest BCUT2D eigenvalue weighted by Crippen LogP contribution is 2.40. The van der Waals surface area contributed by atoms with Crippen LogP contribution in [0.1, 0.15) is 12.5 Å². The Kier molecular flexibility index (Phi) is 8.70. The van der Waals surface area contributed by atoms with Gasteiger partial charge in [0.05, 0.1) is 22.4 Å². The monoisotopic (exact) mass is 673 g/mol. The lowest BCUT2D eigenvalue weighted by Crippen LogP contribution is -2.18. The number of aromatic nitrogens is 5. The average molecular weight is 674 g/mol. The molecule has 1 aliphatic heterocycles. The van der Waals surface area contributed by atoms with Crippen LogP contribution in [-0.2, 0) is 10.0 Å². The summed E-state index contributed by atoms with van der Waals surface area (Å²) in [6.07, 6.45) is 7.12. The van der Waals surface area contributed by atoms with Gasteiger partial charge in [0.1, 0.15) is 13.2 Å². The maximum absolute atomic E-state index is 12.2. The van der Waals surface area contributed by atoms with Crippen molar-refractivity contribution in [2.75, 3.05) is 31.0 Å². The lowest BCUT2D eigenvalue weighted by molar-refractivity contribution is 0.171. The number of sulfonamides is 1. The van der Waals surface area contributed by atoms with Gasteiger partial charge in [0.15, 0.2) is 23.1 Å². The smallest absolute Gasteiger partial charge is 0.240 e. The zero-order valence-electron chi connectivity index (χ0n) is 26.5. The van der Waals surface area contributed by atoms with Gasteiger partial charge in [0.25, 0.3) is 0 Å². The summed E-state index contributed by atoms with van der Waals surface area (Å²) in [6, 6.07) is 25.5. The van der Waals surface area contributed by atoms with E-state index in [2.05, 4.69) is 25.6 Å². The lowest BCUT2D eigenvalue weighted by Gasteiger charge is -2.20. The minimum Gasteiger partial charge on any atom is -0.486 e. The highest BCUT2D eigenvalue weighted by Gasteiger charge is 2.22. The second-order valence-electron chi connectivity index (χ2n) is 10.9. The molecule has 0 radical (unpaired) electrons. The fourth-order valence-electron chi connectivity index (χ4n) is 5.19. The van der Waals surface area contributed by atoms with E-state index in [1.165, 1.54) is 19.2 Å². The van der Waals surface area contributed by atoms with Crippen LogP contribution in [0.4, 0.5) is 17.5 Å². The van der Waals surface area contributed by atoms with E-state index in [0.29, 0.717) is 53.6 Å². The van der Waals surface area contributed by atoms with E-state index in [1.807, 2.05) is 73.8 Å². The third-order valence-corrected chi connectivity index (χ3v) is 9.17. The molecule has 7 rings (SSSR count). The van der Waals surface area contributed by atoms with Gasteiger partial charge in [-0.2, -0.15) is 20.2 Å². The largest absolute Gasteiger partial charge is 0.486 e. The molecular weight excluding hydrogens is 643 g/mol. The van der Waals surface area contributed by atoms with Crippen LogP contribution in [0, 0.1) is 0 Å². The van der Waals surface area contributed by atoms with Crippen LogP contribution in [0.15, 0.2) is 120 Å². The van der Waals surface area contributed by atoms with Gasteiger partial charge in [0.2, 0.25) is 16.0 Å². The molecule has 3 aromatic heterocycles. The Bertz CT molecular complexity index is 2240. The Labute approximate surface area is 282 Å². The van der Waals surface area contributed by atoms with E-state index in [4.69, 9.17) is 24.5 Å². The van der Waals surface area contributed by atoms with E-state index >= 15 is 0 Å². The van der Waals surface area contributed by atoms with Crippen molar-refractivity contribution in [3.63, 3.8) is 0 Å². The van der Waals surface area contributed by atoms with Crippen molar-refractivity contribution in [1.29, 1.82) is 0 Å². The van der Waals surface area contributed by atoms with E-state index in [-0.39, 0.29) is 4.90 Å². The summed E-state index contributed by atoms with van der Waals surface area (Å²) < 4.78 is 40.2. The predicted octanol–water partition coefficient (Wildman–Crippen LogP) is 5.65. The third-order valence-electron chi connectivity index (χ3n) is 7.74. The number of hydrazone groups is 1. The first kappa shape index (κ1) is 31.5. The van der Waals surface area contributed by atoms with E-state index in [1.54, 1.807) is 35.4 Å². The molecule has 3 aromatic carbocycles. The molecule has 0 unspecified atom stereocenters. The SMILES string of the molecule is CNS(=O)(=O)c1ccc(C(C)=NNc2nc(Nc3ccccc3)nc(-n3cc(-c4ccncc4)cn3)c2-c2ccc3c(c2)OCCO3)cc1. The summed E-state index contributed by atoms with van der Waals surface area (Å²) in [5.74, 6) is 2.41. The molecule has 0 fully saturated rings. The summed E-state index contributed by atoms with van der Waals surface area (Å²) in [6.45, 7) is 2.71. The molecule has 0 atom stereocenters. The summed E-state index contributed by atoms with van der Waals surface area (Å²) in [7, 11) is -2.20. The van der Waals surface area contributed by atoms with Crippen LogP contribution in [0.3, 0.4) is 0 Å². The second kappa shape index (κ2) is 13.5. The Morgan fingerprint density at radius 1 is 0.857 bits per heavy atom. The van der Waals surface area contributed by atoms with E-state index in [0.717, 1.165) is 27.9 Å². The molecule has 0 aliphatic carbocycles. The topological polar surface area (TPSA) is 158 Å². The number of hydrogen-bond acceptors (Lipinski definition) is 11. The van der Waals surface area contributed by atoms with Crippen molar-refractivity contribution in [3.05, 3.63) is 115 Å². The van der Waals surface area contributed by atoms with Crippen LogP contribution in [-0.4, -0.2) is 59.1 Å². The Morgan fingerprint density at radius 2 is 1.61 bits per heavy atom. The molecule has 13 nitrogen and oxygen atoms in total. The normalized spacial score (nSPS) is 12.8. The van der Waals surface area contributed by atoms with Crippen LogP contribution >= 0.6 is 0 Å². The highest BCUT2D eigenvalue weighted by atomic mass is 32.2. The lowest BCUT2D eigenvalue weighted by atomic mass is 10.1. The average Bonchev–Trinajstić information content (AvgIpc) is 3.65. The third kappa shape index (κ3) is 6.81. The minimum atomic E-state index is -3.58. The van der Waals surface area contributed by atoms with Crippen molar-refractivity contribution in [2.45, 2.75) is 11.8 Å². The molecule has 0 spiro atoms. The van der Waals surface area contributed by atoms with Crippen molar-refractivity contribution in [3.8, 4) is 39.6 Å². The van der Waals surface area contributed by atoms with Gasteiger partial charge in [-0.15, -0.1) is 0 Å². The van der Waals surface area contributed by atoms with Crippen LogP contribution in [0.2, 0.25) is 0 Å². The molecule has 6 aromatic rings. The molecule has 14 heteroatoms. The van der Waals surface area contributed by atoms with E-state index in [9.17, 15) is 8.42 Å². The van der Waals surface area contributed by atoms with Crippen molar-refractivity contribution in [2.24, 2.45) is 5.10 Å². The molecule has 0 bridgehead atoms. The molecule has 246 valence electrons. The van der Waals surface area contributed by atoms with E-state index < -0.39 is 10.0 Å². The number of para-hydroxylation sites is 1. The number of fused-ring (bicyclic) bond motifs is 1. The molecule has 0 amide bonds. The fraction of sp³-hybridized carbons (Fsp3) is 0.114. The summed E-state index contributed by atoms with van der Waals surface area (Å²) in [4.78, 5) is 14.1. The quantitative estimate of drug-likeness (QED) is 0.123. The minimum absolute atomic E-state index is 0.155. The number of nitrogens with zero attached hydrogens (tertiary/aromatic N) is 6. The number of benzene rings is 3. The first-order chi connectivity index (χ1) is 23.9. The van der Waals surface area contributed by atoms with Crippen molar-refractivity contribution in [1.82, 2.24) is 29.5 Å².